The molecule has 7 nitrogen and oxygen atoms in total. The first-order valence-corrected chi connectivity index (χ1v) is 13.6. The molecule has 0 unspecified atom stereocenters. The molecule has 0 aliphatic carbocycles. The fraction of sp³-hybridized carbons (Fsp3) is 0.231. The number of hydrogen-bond donors (Lipinski definition) is 1. The first kappa shape index (κ1) is 26.0. The van der Waals surface area contributed by atoms with Crippen molar-refractivity contribution in [3.8, 4) is 0 Å². The van der Waals surface area contributed by atoms with Gasteiger partial charge < -0.3 is 10.2 Å². The number of carbonyl (C=O) groups excluding carboxylic acids is 2. The van der Waals surface area contributed by atoms with Gasteiger partial charge in [-0.25, -0.2) is 8.42 Å². The molecular weight excluding hydrogens is 521 g/mol. The maximum Gasteiger partial charge on any atom is 0.264 e. The van der Waals surface area contributed by atoms with Gasteiger partial charge >= 0.3 is 0 Å². The van der Waals surface area contributed by atoms with Crippen molar-refractivity contribution in [1.29, 1.82) is 0 Å². The van der Waals surface area contributed by atoms with Gasteiger partial charge in [-0.2, -0.15) is 0 Å². The summed E-state index contributed by atoms with van der Waals surface area (Å²) in [5.74, 6) is -0.329. The van der Waals surface area contributed by atoms with Crippen molar-refractivity contribution in [2.75, 3.05) is 17.4 Å². The molecule has 0 bridgehead atoms. The van der Waals surface area contributed by atoms with Crippen molar-refractivity contribution in [1.82, 2.24) is 10.2 Å². The number of likely N-dealkylation sites (tertiary alicyclic amines) is 1. The van der Waals surface area contributed by atoms with E-state index in [2.05, 4.69) is 5.32 Å². The van der Waals surface area contributed by atoms with E-state index in [1.54, 1.807) is 18.2 Å². The lowest BCUT2D eigenvalue weighted by Gasteiger charge is -2.24. The zero-order chi connectivity index (χ0) is 25.7. The number of carbonyl (C=O) groups is 2. The fourth-order valence-corrected chi connectivity index (χ4v) is 5.72. The monoisotopic (exact) mass is 545 g/mol. The molecule has 0 atom stereocenters. The van der Waals surface area contributed by atoms with Crippen LogP contribution in [0.15, 0.2) is 77.7 Å². The number of halogens is 2. The van der Waals surface area contributed by atoms with Crippen LogP contribution in [-0.2, 0) is 32.7 Å². The smallest absolute Gasteiger partial charge is 0.264 e. The highest BCUT2D eigenvalue weighted by Gasteiger charge is 2.27. The highest BCUT2D eigenvalue weighted by Crippen LogP contribution is 2.27. The number of hydrogen-bond acceptors (Lipinski definition) is 4. The molecule has 0 radical (unpaired) electrons. The van der Waals surface area contributed by atoms with E-state index in [0.29, 0.717) is 23.0 Å². The molecule has 36 heavy (non-hydrogen) atoms. The van der Waals surface area contributed by atoms with Gasteiger partial charge in [-0.1, -0.05) is 53.5 Å². The van der Waals surface area contributed by atoms with Crippen LogP contribution in [-0.4, -0.2) is 38.2 Å². The number of benzene rings is 3. The highest BCUT2D eigenvalue weighted by molar-refractivity contribution is 7.92. The summed E-state index contributed by atoms with van der Waals surface area (Å²) in [6.45, 7) is 1.06. The minimum absolute atomic E-state index is 0.00355. The lowest BCUT2D eigenvalue weighted by molar-refractivity contribution is -0.128. The Balaban J connectivity index is 1.48. The van der Waals surface area contributed by atoms with Gasteiger partial charge in [0, 0.05) is 36.1 Å². The molecule has 188 valence electrons. The molecule has 3 aromatic rings. The van der Waals surface area contributed by atoms with Crippen LogP contribution in [0, 0.1) is 0 Å². The number of amides is 2. The molecule has 4 rings (SSSR count). The van der Waals surface area contributed by atoms with Gasteiger partial charge in [-0.3, -0.25) is 13.9 Å². The summed E-state index contributed by atoms with van der Waals surface area (Å²) in [7, 11) is -4.07. The average molecular weight is 546 g/mol. The van der Waals surface area contributed by atoms with E-state index in [1.165, 1.54) is 30.3 Å². The summed E-state index contributed by atoms with van der Waals surface area (Å²) in [5.41, 5.74) is 2.09. The Morgan fingerprint density at radius 3 is 2.36 bits per heavy atom. The van der Waals surface area contributed by atoms with E-state index in [9.17, 15) is 18.0 Å². The molecule has 0 spiro atoms. The second-order valence-corrected chi connectivity index (χ2v) is 11.2. The summed E-state index contributed by atoms with van der Waals surface area (Å²) in [6, 6.07) is 19.7. The molecule has 1 aliphatic heterocycles. The lowest BCUT2D eigenvalue weighted by Crippen LogP contribution is -2.40. The van der Waals surface area contributed by atoms with Gasteiger partial charge in [0.25, 0.3) is 10.0 Å². The summed E-state index contributed by atoms with van der Waals surface area (Å²) in [6.07, 6.45) is 1.45. The summed E-state index contributed by atoms with van der Waals surface area (Å²) in [4.78, 5) is 26.6. The zero-order valence-electron chi connectivity index (χ0n) is 19.4. The van der Waals surface area contributed by atoms with Crippen LogP contribution in [0.1, 0.15) is 24.0 Å². The van der Waals surface area contributed by atoms with Gasteiger partial charge in [0.1, 0.15) is 6.54 Å². The Bertz CT molecular complexity index is 1360. The molecule has 0 aromatic heterocycles. The predicted octanol–water partition coefficient (Wildman–Crippen LogP) is 4.63. The largest absolute Gasteiger partial charge is 0.350 e. The third kappa shape index (κ3) is 6.37. The van der Waals surface area contributed by atoms with Crippen LogP contribution in [0.2, 0.25) is 10.0 Å². The van der Waals surface area contributed by atoms with Gasteiger partial charge in [-0.05, 0) is 60.0 Å². The van der Waals surface area contributed by atoms with E-state index in [0.717, 1.165) is 28.4 Å². The Morgan fingerprint density at radius 2 is 1.67 bits per heavy atom. The minimum Gasteiger partial charge on any atom is -0.350 e. The molecule has 0 saturated carbocycles. The first-order valence-electron chi connectivity index (χ1n) is 11.4. The highest BCUT2D eigenvalue weighted by atomic mass is 35.5. The topological polar surface area (TPSA) is 86.8 Å². The molecule has 1 N–H and O–H groups in total. The average Bonchev–Trinajstić information content (AvgIpc) is 3.25. The zero-order valence-corrected chi connectivity index (χ0v) is 21.7. The van der Waals surface area contributed by atoms with Crippen molar-refractivity contribution in [3.63, 3.8) is 0 Å². The van der Waals surface area contributed by atoms with Gasteiger partial charge in [0.05, 0.1) is 10.6 Å². The lowest BCUT2D eigenvalue weighted by atomic mass is 10.1. The second-order valence-electron chi connectivity index (χ2n) is 8.46. The normalized spacial score (nSPS) is 13.6. The number of rotatable bonds is 9. The van der Waals surface area contributed by atoms with Crippen LogP contribution in [0.3, 0.4) is 0 Å². The molecule has 1 heterocycles. The van der Waals surface area contributed by atoms with Crippen molar-refractivity contribution in [2.45, 2.75) is 30.8 Å². The van der Waals surface area contributed by atoms with Gasteiger partial charge in [-0.15, -0.1) is 0 Å². The molecule has 1 fully saturated rings. The minimum atomic E-state index is -4.07. The Kier molecular flexibility index (Phi) is 8.18. The number of anilines is 1. The van der Waals surface area contributed by atoms with Crippen LogP contribution in [0.25, 0.3) is 0 Å². The maximum atomic E-state index is 13.4. The molecular formula is C26H25Cl2N3O4S. The van der Waals surface area contributed by atoms with Crippen LogP contribution in [0.4, 0.5) is 5.69 Å². The quantitative estimate of drug-likeness (QED) is 0.424. The van der Waals surface area contributed by atoms with Crippen molar-refractivity contribution < 1.29 is 18.0 Å². The first-order chi connectivity index (χ1) is 17.2. The summed E-state index contributed by atoms with van der Waals surface area (Å²) >= 11 is 12.0. The fourth-order valence-electron chi connectivity index (χ4n) is 4.00. The Hall–Kier alpha value is -3.07. The van der Waals surface area contributed by atoms with Crippen LogP contribution in [0.5, 0.6) is 0 Å². The van der Waals surface area contributed by atoms with Crippen LogP contribution < -0.4 is 9.62 Å². The van der Waals surface area contributed by atoms with E-state index in [1.807, 2.05) is 29.2 Å². The maximum absolute atomic E-state index is 13.4. The molecule has 10 heteroatoms. The van der Waals surface area contributed by atoms with Crippen molar-refractivity contribution >= 4 is 50.7 Å². The number of nitrogens with one attached hydrogen (secondary N) is 1. The van der Waals surface area contributed by atoms with Gasteiger partial charge in [0.2, 0.25) is 11.8 Å². The third-order valence-electron chi connectivity index (χ3n) is 5.81. The number of sulfonamides is 1. The van der Waals surface area contributed by atoms with Gasteiger partial charge in [0.15, 0.2) is 0 Å². The van der Waals surface area contributed by atoms with E-state index in [4.69, 9.17) is 23.2 Å². The third-order valence-corrected chi connectivity index (χ3v) is 8.09. The Labute approximate surface area is 220 Å². The van der Waals surface area contributed by atoms with Crippen LogP contribution >= 0.6 is 23.2 Å². The molecule has 1 saturated heterocycles. The SMILES string of the molecule is O=C(CN(c1cccc(Cl)c1)S(=O)(=O)c1ccc(Cl)cc1)NCc1cccc(CN2CCCC2=O)c1. The predicted molar refractivity (Wildman–Crippen MR) is 140 cm³/mol. The number of nitrogens with zero attached hydrogens (tertiary/aromatic N) is 2. The molecule has 2 amide bonds. The summed E-state index contributed by atoms with van der Waals surface area (Å²) < 4.78 is 27.9. The molecule has 1 aliphatic rings. The molecule has 3 aromatic carbocycles. The van der Waals surface area contributed by atoms with E-state index < -0.39 is 22.5 Å². The van der Waals surface area contributed by atoms with E-state index in [-0.39, 0.29) is 23.0 Å². The Morgan fingerprint density at radius 1 is 0.944 bits per heavy atom. The van der Waals surface area contributed by atoms with Crippen molar-refractivity contribution in [2.24, 2.45) is 0 Å². The summed E-state index contributed by atoms with van der Waals surface area (Å²) in [5, 5.41) is 3.54. The van der Waals surface area contributed by atoms with Crippen molar-refractivity contribution in [3.05, 3.63) is 94.0 Å². The van der Waals surface area contributed by atoms with E-state index >= 15 is 0 Å². The standard InChI is InChI=1S/C26H25Cl2N3O4S/c27-21-9-11-24(12-10-21)36(34,35)31(23-7-2-6-22(28)15-23)18-25(32)29-16-19-4-1-5-20(14-19)17-30-13-3-8-26(30)33/h1-2,4-7,9-12,14-15H,3,8,13,16-18H2,(H,29,32). The second kappa shape index (κ2) is 11.3.